The van der Waals surface area contributed by atoms with Crippen LogP contribution in [-0.4, -0.2) is 46.1 Å². The van der Waals surface area contributed by atoms with E-state index in [1.165, 1.54) is 12.1 Å². The summed E-state index contributed by atoms with van der Waals surface area (Å²) in [6.45, 7) is 8.04. The number of pyridine rings is 3. The Morgan fingerprint density at radius 1 is 0.872 bits per heavy atom. The predicted octanol–water partition coefficient (Wildman–Crippen LogP) is 7.93. The fourth-order valence-corrected chi connectivity index (χ4v) is 4.83. The molecule has 0 aliphatic heterocycles. The predicted molar refractivity (Wildman–Crippen MR) is 157 cm³/mol. The van der Waals surface area contributed by atoms with Crippen molar-refractivity contribution in [2.75, 3.05) is 26.2 Å². The van der Waals surface area contributed by atoms with E-state index in [-0.39, 0.29) is 0 Å². The molecule has 0 spiro atoms. The number of benzene rings is 2. The first-order valence-corrected chi connectivity index (χ1v) is 13.6. The smallest absolute Gasteiger partial charge is 0.160 e. The minimum absolute atomic E-state index is 0.327. The Morgan fingerprint density at radius 3 is 2.49 bits per heavy atom. The first kappa shape index (κ1) is 26.7. The van der Waals surface area contributed by atoms with Crippen LogP contribution in [0.2, 0.25) is 5.02 Å². The molecule has 0 aliphatic carbocycles. The van der Waals surface area contributed by atoms with Gasteiger partial charge in [0.2, 0.25) is 0 Å². The SMILES string of the molecule is CCCN(CC)CCOc1ccc(-c2cncc(-c3cc(-c4cc(Cl)ccc4F)nc4ncccc34)c2)cc1. The molecule has 0 saturated heterocycles. The Balaban J connectivity index is 1.44. The Kier molecular flexibility index (Phi) is 8.45. The van der Waals surface area contributed by atoms with Gasteiger partial charge in [-0.3, -0.25) is 4.98 Å². The van der Waals surface area contributed by atoms with E-state index in [9.17, 15) is 4.39 Å². The molecule has 198 valence electrons. The first-order valence-electron chi connectivity index (χ1n) is 13.2. The lowest BCUT2D eigenvalue weighted by Crippen LogP contribution is -2.28. The zero-order valence-corrected chi connectivity index (χ0v) is 22.8. The number of ether oxygens (including phenoxy) is 1. The number of aromatic nitrogens is 3. The lowest BCUT2D eigenvalue weighted by molar-refractivity contribution is 0.216. The van der Waals surface area contributed by atoms with Gasteiger partial charge < -0.3 is 9.64 Å². The van der Waals surface area contributed by atoms with Gasteiger partial charge in [0.15, 0.2) is 5.65 Å². The minimum atomic E-state index is -0.393. The van der Waals surface area contributed by atoms with Gasteiger partial charge in [-0.05, 0) is 85.2 Å². The van der Waals surface area contributed by atoms with Crippen LogP contribution in [-0.2, 0) is 0 Å². The first-order chi connectivity index (χ1) is 19.1. The monoisotopic (exact) mass is 540 g/mol. The van der Waals surface area contributed by atoms with Crippen LogP contribution in [0.25, 0.3) is 44.5 Å². The third kappa shape index (κ3) is 6.24. The Bertz CT molecular complexity index is 1580. The van der Waals surface area contributed by atoms with Crippen molar-refractivity contribution in [3.63, 3.8) is 0 Å². The summed E-state index contributed by atoms with van der Waals surface area (Å²) in [4.78, 5) is 16.0. The number of rotatable bonds is 10. The molecule has 3 heterocycles. The molecular formula is C32H30ClFN4O. The lowest BCUT2D eigenvalue weighted by Gasteiger charge is -2.19. The molecule has 0 amide bonds. The average molecular weight is 541 g/mol. The number of nitrogens with zero attached hydrogens (tertiary/aromatic N) is 4. The van der Waals surface area contributed by atoms with Gasteiger partial charge in [0, 0.05) is 52.2 Å². The Morgan fingerprint density at radius 2 is 1.69 bits per heavy atom. The van der Waals surface area contributed by atoms with Crippen LogP contribution < -0.4 is 4.74 Å². The highest BCUT2D eigenvalue weighted by Crippen LogP contribution is 2.34. The van der Waals surface area contributed by atoms with Crippen molar-refractivity contribution in [3.8, 4) is 39.3 Å². The highest BCUT2D eigenvalue weighted by molar-refractivity contribution is 6.30. The maximum atomic E-state index is 14.7. The maximum absolute atomic E-state index is 14.7. The Hall–Kier alpha value is -3.87. The van der Waals surface area contributed by atoms with E-state index in [2.05, 4.69) is 39.8 Å². The van der Waals surface area contributed by atoms with Gasteiger partial charge >= 0.3 is 0 Å². The number of hydrogen-bond donors (Lipinski definition) is 0. The number of halogens is 2. The summed E-state index contributed by atoms with van der Waals surface area (Å²) in [6.07, 6.45) is 6.46. The summed E-state index contributed by atoms with van der Waals surface area (Å²) in [7, 11) is 0. The van der Waals surface area contributed by atoms with Gasteiger partial charge in [0.25, 0.3) is 0 Å². The molecule has 0 saturated carbocycles. The van der Waals surface area contributed by atoms with Crippen molar-refractivity contribution in [2.45, 2.75) is 20.3 Å². The zero-order chi connectivity index (χ0) is 27.2. The minimum Gasteiger partial charge on any atom is -0.492 e. The van der Waals surface area contributed by atoms with Crippen LogP contribution in [0.4, 0.5) is 4.39 Å². The van der Waals surface area contributed by atoms with Gasteiger partial charge in [-0.25, -0.2) is 14.4 Å². The van der Waals surface area contributed by atoms with E-state index in [0.717, 1.165) is 59.4 Å². The van der Waals surface area contributed by atoms with E-state index in [1.54, 1.807) is 18.5 Å². The third-order valence-corrected chi connectivity index (χ3v) is 6.92. The van der Waals surface area contributed by atoms with Gasteiger partial charge in [-0.2, -0.15) is 0 Å². The van der Waals surface area contributed by atoms with Crippen LogP contribution in [0, 0.1) is 5.82 Å². The summed E-state index contributed by atoms with van der Waals surface area (Å²) in [5.41, 5.74) is 5.05. The summed E-state index contributed by atoms with van der Waals surface area (Å²) in [5, 5.41) is 1.30. The second kappa shape index (κ2) is 12.3. The van der Waals surface area contributed by atoms with Gasteiger partial charge in [0.05, 0.1) is 5.69 Å². The number of hydrogen-bond acceptors (Lipinski definition) is 5. The normalized spacial score (nSPS) is 11.3. The average Bonchev–Trinajstić information content (AvgIpc) is 2.97. The van der Waals surface area contributed by atoms with Crippen LogP contribution in [0.1, 0.15) is 20.3 Å². The van der Waals surface area contributed by atoms with Crippen molar-refractivity contribution in [2.24, 2.45) is 0 Å². The van der Waals surface area contributed by atoms with E-state index in [1.807, 2.05) is 48.7 Å². The summed E-state index contributed by atoms with van der Waals surface area (Å²) in [6, 6.07) is 20.3. The maximum Gasteiger partial charge on any atom is 0.160 e. The van der Waals surface area contributed by atoms with Crippen molar-refractivity contribution < 1.29 is 9.13 Å². The Labute approximate surface area is 233 Å². The lowest BCUT2D eigenvalue weighted by atomic mass is 9.98. The molecule has 2 aromatic carbocycles. The molecule has 5 aromatic rings. The standard InChI is InChI=1S/C32H30ClFN4O/c1-3-14-38(4-2)15-16-39-26-10-7-22(8-11-26)23-17-24(21-35-20-23)28-19-31(29-18-25(33)9-12-30(29)34)37-32-27(28)6-5-13-36-32/h5-13,17-21H,3-4,14-16H2,1-2H3. The van der Waals surface area contributed by atoms with Crippen LogP contribution in [0.5, 0.6) is 5.75 Å². The molecule has 0 radical (unpaired) electrons. The molecular weight excluding hydrogens is 511 g/mol. The molecule has 0 N–H and O–H groups in total. The number of likely N-dealkylation sites (N-methyl/N-ethyl adjacent to an activating group) is 1. The molecule has 3 aromatic heterocycles. The van der Waals surface area contributed by atoms with E-state index >= 15 is 0 Å². The molecule has 0 atom stereocenters. The van der Waals surface area contributed by atoms with Crippen molar-refractivity contribution in [1.82, 2.24) is 19.9 Å². The van der Waals surface area contributed by atoms with Gasteiger partial charge in [-0.15, -0.1) is 0 Å². The fraction of sp³-hybridized carbons (Fsp3) is 0.219. The van der Waals surface area contributed by atoms with Crippen LogP contribution in [0.15, 0.2) is 85.3 Å². The summed E-state index contributed by atoms with van der Waals surface area (Å²) < 4.78 is 20.7. The largest absolute Gasteiger partial charge is 0.492 e. The quantitative estimate of drug-likeness (QED) is 0.180. The second-order valence-electron chi connectivity index (χ2n) is 9.32. The molecule has 0 bridgehead atoms. The molecule has 5 rings (SSSR count). The van der Waals surface area contributed by atoms with E-state index < -0.39 is 5.82 Å². The van der Waals surface area contributed by atoms with Crippen molar-refractivity contribution in [3.05, 3.63) is 96.2 Å². The van der Waals surface area contributed by atoms with Crippen LogP contribution in [0.3, 0.4) is 0 Å². The topological polar surface area (TPSA) is 51.1 Å². The molecule has 0 unspecified atom stereocenters. The second-order valence-corrected chi connectivity index (χ2v) is 9.76. The highest BCUT2D eigenvalue weighted by atomic mass is 35.5. The molecule has 39 heavy (non-hydrogen) atoms. The molecule has 0 aliphatic rings. The molecule has 0 fully saturated rings. The third-order valence-electron chi connectivity index (χ3n) is 6.69. The fourth-order valence-electron chi connectivity index (χ4n) is 4.65. The van der Waals surface area contributed by atoms with Gasteiger partial charge in [0.1, 0.15) is 18.2 Å². The van der Waals surface area contributed by atoms with Crippen molar-refractivity contribution in [1.29, 1.82) is 0 Å². The van der Waals surface area contributed by atoms with Crippen LogP contribution >= 0.6 is 11.6 Å². The zero-order valence-electron chi connectivity index (χ0n) is 22.1. The van der Waals surface area contributed by atoms with Crippen molar-refractivity contribution >= 4 is 22.6 Å². The summed E-state index contributed by atoms with van der Waals surface area (Å²) >= 11 is 6.17. The molecule has 7 heteroatoms. The highest BCUT2D eigenvalue weighted by Gasteiger charge is 2.14. The summed E-state index contributed by atoms with van der Waals surface area (Å²) in [5.74, 6) is 0.449. The van der Waals surface area contributed by atoms with E-state index in [4.69, 9.17) is 16.3 Å². The number of fused-ring (bicyclic) bond motifs is 1. The molecule has 5 nitrogen and oxygen atoms in total. The van der Waals surface area contributed by atoms with E-state index in [0.29, 0.717) is 28.5 Å². The van der Waals surface area contributed by atoms with Gasteiger partial charge in [-0.1, -0.05) is 37.6 Å².